The fourth-order valence-corrected chi connectivity index (χ4v) is 6.85. The largest absolute Gasteiger partial charge is 0.435 e. The Bertz CT molecular complexity index is 1470. The summed E-state index contributed by atoms with van der Waals surface area (Å²) in [6.07, 6.45) is -4.71. The maximum atomic E-state index is 14.0. The summed E-state index contributed by atoms with van der Waals surface area (Å²) in [5.74, 6) is 0.0220. The molecule has 3 aromatic rings. The van der Waals surface area contributed by atoms with Gasteiger partial charge in [0.15, 0.2) is 5.69 Å². The topological polar surface area (TPSA) is 70.5 Å². The summed E-state index contributed by atoms with van der Waals surface area (Å²) >= 11 is 12.3. The number of benzene rings is 2. The van der Waals surface area contributed by atoms with Gasteiger partial charge in [0.2, 0.25) is 10.0 Å². The van der Waals surface area contributed by atoms with Gasteiger partial charge in [-0.2, -0.15) is 22.6 Å². The Kier molecular flexibility index (Phi) is 6.68. The normalized spacial score (nSPS) is 19.1. The molecule has 13 heteroatoms. The second-order valence-electron chi connectivity index (χ2n) is 8.77. The molecule has 1 unspecified atom stereocenters. The van der Waals surface area contributed by atoms with Crippen molar-refractivity contribution in [2.24, 2.45) is 0 Å². The first-order valence-electron chi connectivity index (χ1n) is 11.4. The summed E-state index contributed by atoms with van der Waals surface area (Å²) in [6.45, 7) is 2.88. The molecule has 5 rings (SSSR count). The third-order valence-corrected chi connectivity index (χ3v) is 9.31. The fraction of sp³-hybridized carbons (Fsp3) is 0.292. The first-order chi connectivity index (χ1) is 17.5. The molecule has 1 atom stereocenters. The van der Waals surface area contributed by atoms with E-state index >= 15 is 0 Å². The summed E-state index contributed by atoms with van der Waals surface area (Å²) in [5, 5.41) is 6.95. The minimum Gasteiger partial charge on any atom is -0.369 e. The van der Waals surface area contributed by atoms with Gasteiger partial charge in [-0.05, 0) is 36.8 Å². The predicted octanol–water partition coefficient (Wildman–Crippen LogP) is 5.61. The zero-order valence-corrected chi connectivity index (χ0v) is 21.8. The summed E-state index contributed by atoms with van der Waals surface area (Å²) in [6, 6.07) is 13.8. The second-order valence-corrected chi connectivity index (χ2v) is 11.5. The van der Waals surface area contributed by atoms with Crippen LogP contribution in [0.4, 0.5) is 24.7 Å². The van der Waals surface area contributed by atoms with Crippen molar-refractivity contribution in [2.75, 3.05) is 36.4 Å². The van der Waals surface area contributed by atoms with Gasteiger partial charge in [0.05, 0.1) is 10.0 Å². The van der Waals surface area contributed by atoms with Gasteiger partial charge in [-0.15, -0.1) is 0 Å². The molecule has 0 amide bonds. The van der Waals surface area contributed by atoms with Gasteiger partial charge in [-0.1, -0.05) is 47.5 Å². The number of hydrogen-bond donors (Lipinski definition) is 1. The molecule has 0 aliphatic carbocycles. The van der Waals surface area contributed by atoms with E-state index < -0.39 is 27.9 Å². The number of sulfonamides is 1. The van der Waals surface area contributed by atoms with E-state index in [1.54, 1.807) is 6.07 Å². The summed E-state index contributed by atoms with van der Waals surface area (Å²) in [4.78, 5) is 1.99. The molecule has 2 aliphatic rings. The Morgan fingerprint density at radius 1 is 0.973 bits per heavy atom. The Morgan fingerprint density at radius 2 is 1.65 bits per heavy atom. The third-order valence-electron chi connectivity index (χ3n) is 6.44. The zero-order valence-electron chi connectivity index (χ0n) is 19.5. The van der Waals surface area contributed by atoms with Gasteiger partial charge in [0.1, 0.15) is 16.8 Å². The number of allylic oxidation sites excluding steroid dienone is 2. The Morgan fingerprint density at radius 3 is 2.27 bits per heavy atom. The maximum absolute atomic E-state index is 14.0. The van der Waals surface area contributed by atoms with Gasteiger partial charge in [0.25, 0.3) is 0 Å². The number of para-hydroxylation sites is 1. The number of rotatable bonds is 4. The Balaban J connectivity index is 1.55. The molecule has 7 nitrogen and oxygen atoms in total. The van der Waals surface area contributed by atoms with Crippen molar-refractivity contribution in [1.29, 1.82) is 0 Å². The van der Waals surface area contributed by atoms with Gasteiger partial charge in [-0.25, -0.2) is 13.1 Å². The molecule has 2 aromatic carbocycles. The molecule has 1 aromatic heterocycles. The highest BCUT2D eigenvalue weighted by Gasteiger charge is 2.43. The smallest absolute Gasteiger partial charge is 0.369 e. The molecule has 37 heavy (non-hydrogen) atoms. The van der Waals surface area contributed by atoms with Crippen LogP contribution < -0.4 is 10.2 Å². The maximum Gasteiger partial charge on any atom is 0.435 e. The van der Waals surface area contributed by atoms with Crippen molar-refractivity contribution in [2.45, 2.75) is 19.1 Å². The quantitative estimate of drug-likeness (QED) is 0.441. The highest BCUT2D eigenvalue weighted by molar-refractivity contribution is 7.93. The lowest BCUT2D eigenvalue weighted by atomic mass is 10.0. The first kappa shape index (κ1) is 25.9. The van der Waals surface area contributed by atoms with E-state index in [4.69, 9.17) is 23.2 Å². The molecule has 0 saturated carbocycles. The number of aromatic nitrogens is 2. The standard InChI is InChI=1S/C24H22Cl2F3N5O2S/c1-15-23(37(35,36)33-11-9-32(10-12-33)17-5-3-2-4-6-17)22(16-7-8-18(25)19(26)13-16)34-21(30-15)14-20(31-34)24(27,28)29/h2-8,13-14,22,30H,9-12H2,1H3. The van der Waals surface area contributed by atoms with Gasteiger partial charge >= 0.3 is 6.18 Å². The summed E-state index contributed by atoms with van der Waals surface area (Å²) in [5.41, 5.74) is 0.407. The van der Waals surface area contributed by atoms with Crippen LogP contribution in [0, 0.1) is 0 Å². The van der Waals surface area contributed by atoms with E-state index in [2.05, 4.69) is 15.3 Å². The minimum atomic E-state index is -4.71. The third kappa shape index (κ3) is 4.81. The van der Waals surface area contributed by atoms with E-state index in [1.165, 1.54) is 23.4 Å². The molecule has 1 fully saturated rings. The van der Waals surface area contributed by atoms with Gasteiger partial charge in [0, 0.05) is 43.6 Å². The number of hydrogen-bond acceptors (Lipinski definition) is 5. The zero-order chi connectivity index (χ0) is 26.5. The lowest BCUT2D eigenvalue weighted by molar-refractivity contribution is -0.141. The van der Waals surface area contributed by atoms with Crippen molar-refractivity contribution in [3.05, 3.63) is 86.5 Å². The number of piperazine rings is 1. The molecule has 0 spiro atoms. The molecule has 2 aliphatic heterocycles. The molecule has 196 valence electrons. The van der Waals surface area contributed by atoms with Crippen LogP contribution in [0.15, 0.2) is 65.2 Å². The number of alkyl halides is 3. The number of fused-ring (bicyclic) bond motifs is 1. The Labute approximate surface area is 222 Å². The van der Waals surface area contributed by atoms with Crippen molar-refractivity contribution < 1.29 is 21.6 Å². The van der Waals surface area contributed by atoms with Crippen molar-refractivity contribution >= 4 is 44.7 Å². The van der Waals surface area contributed by atoms with E-state index in [0.717, 1.165) is 16.4 Å². The van der Waals surface area contributed by atoms with Crippen molar-refractivity contribution in [3.8, 4) is 0 Å². The minimum absolute atomic E-state index is 0.0220. The van der Waals surface area contributed by atoms with E-state index in [1.807, 2.05) is 30.3 Å². The van der Waals surface area contributed by atoms with Gasteiger partial charge < -0.3 is 10.2 Å². The van der Waals surface area contributed by atoms with Crippen LogP contribution >= 0.6 is 23.2 Å². The molecular formula is C24H22Cl2F3N5O2S. The number of halogens is 5. The second kappa shape index (κ2) is 9.54. The number of nitrogens with zero attached hydrogens (tertiary/aromatic N) is 4. The molecule has 3 heterocycles. The van der Waals surface area contributed by atoms with Crippen molar-refractivity contribution in [3.63, 3.8) is 0 Å². The van der Waals surface area contributed by atoms with Crippen molar-refractivity contribution in [1.82, 2.24) is 14.1 Å². The van der Waals surface area contributed by atoms with Crippen LogP contribution in [0.2, 0.25) is 10.0 Å². The van der Waals surface area contributed by atoms with E-state index in [0.29, 0.717) is 18.7 Å². The van der Waals surface area contributed by atoms with Crippen LogP contribution in [0.5, 0.6) is 0 Å². The summed E-state index contributed by atoms with van der Waals surface area (Å²) < 4.78 is 71.1. The average Bonchev–Trinajstić information content (AvgIpc) is 3.30. The SMILES string of the molecule is CC1=C(S(=O)(=O)N2CCN(c3ccccc3)CC2)C(c2ccc(Cl)c(Cl)c2)n2nc(C(F)(F)F)cc2N1. The van der Waals surface area contributed by atoms with E-state index in [9.17, 15) is 21.6 Å². The molecule has 0 radical (unpaired) electrons. The van der Waals surface area contributed by atoms with Crippen LogP contribution in [0.1, 0.15) is 24.2 Å². The predicted molar refractivity (Wildman–Crippen MR) is 137 cm³/mol. The lowest BCUT2D eigenvalue weighted by Gasteiger charge is -2.38. The number of nitrogens with one attached hydrogen (secondary N) is 1. The van der Waals surface area contributed by atoms with Crippen LogP contribution in [-0.4, -0.2) is 48.7 Å². The van der Waals surface area contributed by atoms with Crippen LogP contribution in [-0.2, 0) is 16.2 Å². The Hall–Kier alpha value is -2.73. The lowest BCUT2D eigenvalue weighted by Crippen LogP contribution is -2.50. The first-order valence-corrected chi connectivity index (χ1v) is 13.6. The van der Waals surface area contributed by atoms with Crippen LogP contribution in [0.3, 0.4) is 0 Å². The molecular weight excluding hydrogens is 550 g/mol. The monoisotopic (exact) mass is 571 g/mol. The fourth-order valence-electron chi connectivity index (χ4n) is 4.67. The molecule has 1 N–H and O–H groups in total. The van der Waals surface area contributed by atoms with Gasteiger partial charge in [-0.3, -0.25) is 0 Å². The summed E-state index contributed by atoms with van der Waals surface area (Å²) in [7, 11) is -4.12. The molecule has 0 bridgehead atoms. The highest BCUT2D eigenvalue weighted by atomic mass is 35.5. The van der Waals surface area contributed by atoms with Crippen LogP contribution in [0.25, 0.3) is 0 Å². The number of anilines is 2. The molecule has 1 saturated heterocycles. The van der Waals surface area contributed by atoms with E-state index in [-0.39, 0.29) is 39.6 Å². The highest BCUT2D eigenvalue weighted by Crippen LogP contribution is 2.43. The average molecular weight is 572 g/mol.